The predicted molar refractivity (Wildman–Crippen MR) is 130 cm³/mol. The molecule has 1 atom stereocenters. The van der Waals surface area contributed by atoms with Crippen molar-refractivity contribution >= 4 is 29.7 Å². The molecule has 1 aromatic heterocycles. The van der Waals surface area contributed by atoms with Gasteiger partial charge < -0.3 is 28.6 Å². The van der Waals surface area contributed by atoms with Crippen molar-refractivity contribution in [3.63, 3.8) is 0 Å². The van der Waals surface area contributed by atoms with Crippen molar-refractivity contribution in [3.05, 3.63) is 24.0 Å². The Morgan fingerprint density at radius 1 is 1.18 bits per heavy atom. The first kappa shape index (κ1) is 25.5. The number of imidazole rings is 1. The van der Waals surface area contributed by atoms with Crippen LogP contribution in [-0.2, 0) is 20.6 Å². The van der Waals surface area contributed by atoms with Crippen LogP contribution in [0.2, 0.25) is 0 Å². The number of hydrogen-bond donors (Lipinski definition) is 1. The van der Waals surface area contributed by atoms with Crippen molar-refractivity contribution in [2.24, 2.45) is 0 Å². The van der Waals surface area contributed by atoms with Gasteiger partial charge in [-0.05, 0) is 68.4 Å². The zero-order valence-electron chi connectivity index (χ0n) is 21.6. The summed E-state index contributed by atoms with van der Waals surface area (Å²) in [7, 11) is 1.07. The van der Waals surface area contributed by atoms with Gasteiger partial charge in [-0.25, -0.2) is 9.78 Å². The summed E-state index contributed by atoms with van der Waals surface area (Å²) in [6.07, 6.45) is -0.479. The monoisotopic (exact) mass is 459 g/mol. The van der Waals surface area contributed by atoms with E-state index in [-0.39, 0.29) is 13.1 Å². The van der Waals surface area contributed by atoms with Crippen molar-refractivity contribution < 1.29 is 23.9 Å². The van der Waals surface area contributed by atoms with Gasteiger partial charge in [0.25, 0.3) is 0 Å². The Labute approximate surface area is 197 Å². The number of hydrogen-bond acceptors (Lipinski definition) is 6. The molecule has 0 spiro atoms. The third kappa shape index (κ3) is 5.36. The molecule has 1 amide bonds. The Morgan fingerprint density at radius 3 is 2.30 bits per heavy atom. The van der Waals surface area contributed by atoms with Gasteiger partial charge in [0.2, 0.25) is 0 Å². The maximum absolute atomic E-state index is 12.4. The Bertz CT molecular complexity index is 1020. The highest BCUT2D eigenvalue weighted by Gasteiger charge is 2.52. The molecule has 1 saturated heterocycles. The van der Waals surface area contributed by atoms with Gasteiger partial charge in [0.15, 0.2) is 0 Å². The molecule has 1 N–H and O–H groups in total. The summed E-state index contributed by atoms with van der Waals surface area (Å²) in [6.45, 7) is 17.5. The SMILES string of the molecule is Cc1nc2cccc(B3OC(C)(C)C(C)(C)O3)c2n1CC(C)(O)CN(C)C(=O)OC(C)(C)C. The largest absolute Gasteiger partial charge is 0.497 e. The first-order valence-corrected chi connectivity index (χ1v) is 11.4. The van der Waals surface area contributed by atoms with Crippen LogP contribution in [0.15, 0.2) is 18.2 Å². The van der Waals surface area contributed by atoms with E-state index >= 15 is 0 Å². The van der Waals surface area contributed by atoms with Crippen LogP contribution in [-0.4, -0.2) is 68.8 Å². The van der Waals surface area contributed by atoms with Crippen LogP contribution >= 0.6 is 0 Å². The summed E-state index contributed by atoms with van der Waals surface area (Å²) in [5.74, 6) is 0.758. The topological polar surface area (TPSA) is 86.1 Å². The number of nitrogens with zero attached hydrogens (tertiary/aromatic N) is 3. The number of aliphatic hydroxyl groups is 1. The average molecular weight is 459 g/mol. The van der Waals surface area contributed by atoms with Crippen molar-refractivity contribution in [3.8, 4) is 0 Å². The lowest BCUT2D eigenvalue weighted by Gasteiger charge is -2.32. The number of likely N-dealkylation sites (N-methyl/N-ethyl adjacent to an activating group) is 1. The summed E-state index contributed by atoms with van der Waals surface area (Å²) in [4.78, 5) is 18.5. The standard InChI is InChI=1S/C24H38BN3O5/c1-16-26-18-13-11-12-17(25-32-22(5,6)23(7,8)33-25)19(18)28(16)15-24(9,30)14-27(10)20(29)31-21(2,3)4/h11-13,30H,14-15H2,1-10H3. The van der Waals surface area contributed by atoms with Crippen LogP contribution in [0, 0.1) is 6.92 Å². The lowest BCUT2D eigenvalue weighted by atomic mass is 9.78. The number of para-hydroxylation sites is 1. The van der Waals surface area contributed by atoms with Crippen LogP contribution in [0.25, 0.3) is 11.0 Å². The predicted octanol–water partition coefficient (Wildman–Crippen LogP) is 3.26. The highest BCUT2D eigenvalue weighted by atomic mass is 16.7. The third-order valence-electron chi connectivity index (χ3n) is 6.28. The molecule has 0 bridgehead atoms. The van der Waals surface area contributed by atoms with Gasteiger partial charge in [-0.2, -0.15) is 0 Å². The van der Waals surface area contributed by atoms with Crippen molar-refractivity contribution in [1.82, 2.24) is 14.5 Å². The van der Waals surface area contributed by atoms with Crippen LogP contribution in [0.3, 0.4) is 0 Å². The summed E-state index contributed by atoms with van der Waals surface area (Å²) >= 11 is 0. The molecule has 8 nitrogen and oxygen atoms in total. The molecule has 0 radical (unpaired) electrons. The Balaban J connectivity index is 1.91. The average Bonchev–Trinajstić information content (AvgIpc) is 3.04. The van der Waals surface area contributed by atoms with Crippen molar-refractivity contribution in [1.29, 1.82) is 0 Å². The molecule has 0 aliphatic carbocycles. The van der Waals surface area contributed by atoms with Crippen LogP contribution < -0.4 is 5.46 Å². The van der Waals surface area contributed by atoms with Gasteiger partial charge in [-0.3, -0.25) is 0 Å². The number of rotatable bonds is 5. The van der Waals surface area contributed by atoms with Gasteiger partial charge in [-0.1, -0.05) is 12.1 Å². The van der Waals surface area contributed by atoms with E-state index in [0.717, 1.165) is 22.3 Å². The fraction of sp³-hybridized carbons (Fsp3) is 0.667. The summed E-state index contributed by atoms with van der Waals surface area (Å²) in [5.41, 5.74) is -0.255. The number of ether oxygens (including phenoxy) is 1. The second-order valence-corrected chi connectivity index (χ2v) is 11.4. The Kier molecular flexibility index (Phi) is 6.41. The minimum Gasteiger partial charge on any atom is -0.444 e. The first-order valence-electron chi connectivity index (χ1n) is 11.4. The number of carbonyl (C=O) groups is 1. The van der Waals surface area contributed by atoms with Crippen molar-refractivity contribution in [2.75, 3.05) is 13.6 Å². The molecule has 1 unspecified atom stereocenters. The van der Waals surface area contributed by atoms with E-state index in [2.05, 4.69) is 0 Å². The van der Waals surface area contributed by atoms with Crippen LogP contribution in [0.5, 0.6) is 0 Å². The lowest BCUT2D eigenvalue weighted by Crippen LogP contribution is -2.46. The molecule has 1 aromatic carbocycles. The van der Waals surface area contributed by atoms with Gasteiger partial charge in [0.05, 0.1) is 40.9 Å². The van der Waals surface area contributed by atoms with Crippen molar-refractivity contribution in [2.45, 2.75) is 91.3 Å². The summed E-state index contributed by atoms with van der Waals surface area (Å²) in [6, 6.07) is 5.85. The highest BCUT2D eigenvalue weighted by molar-refractivity contribution is 6.65. The molecule has 2 heterocycles. The lowest BCUT2D eigenvalue weighted by molar-refractivity contribution is -0.0103. The molecular formula is C24H38BN3O5. The first-order chi connectivity index (χ1) is 14.9. The van der Waals surface area contributed by atoms with Crippen LogP contribution in [0.4, 0.5) is 4.79 Å². The van der Waals surface area contributed by atoms with Gasteiger partial charge in [-0.15, -0.1) is 0 Å². The van der Waals surface area contributed by atoms with E-state index in [0.29, 0.717) is 0 Å². The molecule has 9 heteroatoms. The molecule has 182 valence electrons. The molecule has 2 aromatic rings. The number of benzene rings is 1. The highest BCUT2D eigenvalue weighted by Crippen LogP contribution is 2.37. The normalized spacial score (nSPS) is 19.5. The zero-order chi connectivity index (χ0) is 25.0. The maximum Gasteiger partial charge on any atom is 0.497 e. The number of aromatic nitrogens is 2. The Morgan fingerprint density at radius 2 is 1.76 bits per heavy atom. The smallest absolute Gasteiger partial charge is 0.444 e. The quantitative estimate of drug-likeness (QED) is 0.691. The molecule has 33 heavy (non-hydrogen) atoms. The van der Waals surface area contributed by atoms with E-state index in [9.17, 15) is 9.90 Å². The number of carbonyl (C=O) groups excluding carboxylic acids is 1. The maximum atomic E-state index is 12.4. The van der Waals surface area contributed by atoms with E-state index in [1.807, 2.05) is 78.2 Å². The number of fused-ring (bicyclic) bond motifs is 1. The van der Waals surface area contributed by atoms with E-state index in [1.54, 1.807) is 14.0 Å². The van der Waals surface area contributed by atoms with Gasteiger partial charge in [0, 0.05) is 12.5 Å². The van der Waals surface area contributed by atoms with E-state index in [4.69, 9.17) is 19.0 Å². The molecule has 0 saturated carbocycles. The van der Waals surface area contributed by atoms with Gasteiger partial charge in [0.1, 0.15) is 11.4 Å². The molecule has 3 rings (SSSR count). The molecule has 1 aliphatic rings. The van der Waals surface area contributed by atoms with E-state index < -0.39 is 35.6 Å². The second kappa shape index (κ2) is 8.29. The van der Waals surface area contributed by atoms with E-state index in [1.165, 1.54) is 4.90 Å². The van der Waals surface area contributed by atoms with Crippen LogP contribution in [0.1, 0.15) is 61.2 Å². The second-order valence-electron chi connectivity index (χ2n) is 11.4. The minimum absolute atomic E-state index is 0.0969. The summed E-state index contributed by atoms with van der Waals surface area (Å²) < 4.78 is 20.0. The minimum atomic E-state index is -1.23. The third-order valence-corrected chi connectivity index (χ3v) is 6.28. The van der Waals surface area contributed by atoms with Gasteiger partial charge >= 0.3 is 13.2 Å². The fourth-order valence-electron chi connectivity index (χ4n) is 3.99. The molecular weight excluding hydrogens is 421 g/mol. The number of aryl methyl sites for hydroxylation is 1. The fourth-order valence-corrected chi connectivity index (χ4v) is 3.99. The molecule has 1 aliphatic heterocycles. The molecule has 1 fully saturated rings. The zero-order valence-corrected chi connectivity index (χ0v) is 21.6. The summed E-state index contributed by atoms with van der Waals surface area (Å²) in [5, 5.41) is 11.2. The number of amides is 1. The Hall–Kier alpha value is -2.10.